The van der Waals surface area contributed by atoms with Crippen molar-refractivity contribution in [3.63, 3.8) is 0 Å². The summed E-state index contributed by atoms with van der Waals surface area (Å²) >= 11 is 0. The summed E-state index contributed by atoms with van der Waals surface area (Å²) < 4.78 is 7.20. The molecule has 2 aromatic heterocycles. The molecule has 1 amide bonds. The molecule has 166 valence electrons. The second-order valence-electron chi connectivity index (χ2n) is 8.30. The van der Waals surface area contributed by atoms with Gasteiger partial charge in [0.1, 0.15) is 5.52 Å². The number of nitrogens with one attached hydrogen (secondary N) is 2. The van der Waals surface area contributed by atoms with Gasteiger partial charge in [-0.05, 0) is 37.8 Å². The summed E-state index contributed by atoms with van der Waals surface area (Å²) in [6.45, 7) is 4.78. The van der Waals surface area contributed by atoms with Crippen LogP contribution in [0.4, 0.5) is 11.8 Å². The number of amides is 1. The Hall–Kier alpha value is -3.46. The van der Waals surface area contributed by atoms with Crippen molar-refractivity contribution in [2.45, 2.75) is 32.2 Å². The van der Waals surface area contributed by atoms with Gasteiger partial charge in [-0.25, -0.2) is 9.94 Å². The minimum absolute atomic E-state index is 0.0693. The average Bonchev–Trinajstić information content (AvgIpc) is 3.21. The first-order valence-corrected chi connectivity index (χ1v) is 11.1. The number of aromatic nitrogens is 3. The van der Waals surface area contributed by atoms with E-state index in [2.05, 4.69) is 25.8 Å². The molecule has 1 aromatic carbocycles. The van der Waals surface area contributed by atoms with E-state index in [-0.39, 0.29) is 11.9 Å². The topological polar surface area (TPSA) is 96.1 Å². The fraction of sp³-hybridized carbons (Fsp3) is 0.391. The van der Waals surface area contributed by atoms with E-state index < -0.39 is 0 Å². The molecule has 0 spiro atoms. The molecule has 3 aromatic rings. The molecule has 32 heavy (non-hydrogen) atoms. The Labute approximate surface area is 186 Å². The van der Waals surface area contributed by atoms with Crippen LogP contribution in [0.15, 0.2) is 41.6 Å². The lowest BCUT2D eigenvalue weighted by atomic mass is 9.93. The molecule has 2 aliphatic rings. The molecule has 0 bridgehead atoms. The molecule has 1 aliphatic carbocycles. The van der Waals surface area contributed by atoms with Gasteiger partial charge in [0.05, 0.1) is 25.0 Å². The van der Waals surface area contributed by atoms with Gasteiger partial charge in [-0.2, -0.15) is 10.1 Å². The molecule has 9 nitrogen and oxygen atoms in total. The summed E-state index contributed by atoms with van der Waals surface area (Å²) in [7, 11) is 0. The molecule has 1 aliphatic heterocycles. The van der Waals surface area contributed by atoms with Crippen LogP contribution in [0.3, 0.4) is 0 Å². The largest absolute Gasteiger partial charge is 0.378 e. The smallest absolute Gasteiger partial charge is 0.263 e. The summed E-state index contributed by atoms with van der Waals surface area (Å²) in [5, 5.41) is 11.9. The fourth-order valence-electron chi connectivity index (χ4n) is 3.90. The first-order chi connectivity index (χ1) is 15.7. The molecule has 0 atom stereocenters. The second kappa shape index (κ2) is 8.96. The van der Waals surface area contributed by atoms with Crippen LogP contribution < -0.4 is 15.6 Å². The van der Waals surface area contributed by atoms with Crippen LogP contribution in [-0.4, -0.2) is 59.1 Å². The quantitative estimate of drug-likeness (QED) is 0.458. The van der Waals surface area contributed by atoms with Crippen molar-refractivity contribution in [1.82, 2.24) is 19.9 Å². The molecule has 3 heterocycles. The molecule has 2 fully saturated rings. The van der Waals surface area contributed by atoms with E-state index in [1.54, 1.807) is 16.9 Å². The van der Waals surface area contributed by atoms with Crippen molar-refractivity contribution in [2.75, 3.05) is 36.6 Å². The maximum atomic E-state index is 12.7. The number of rotatable bonds is 6. The summed E-state index contributed by atoms with van der Waals surface area (Å²) in [5.41, 5.74) is 6.47. The highest BCUT2D eigenvalue weighted by Gasteiger charge is 2.23. The van der Waals surface area contributed by atoms with Gasteiger partial charge in [-0.15, -0.1) is 5.10 Å². The van der Waals surface area contributed by atoms with Gasteiger partial charge in [-0.3, -0.25) is 4.79 Å². The minimum Gasteiger partial charge on any atom is -0.378 e. The van der Waals surface area contributed by atoms with Crippen molar-refractivity contribution in [1.29, 1.82) is 0 Å². The van der Waals surface area contributed by atoms with E-state index >= 15 is 0 Å². The number of aryl methyl sites for hydroxylation is 1. The number of morpholine rings is 1. The Morgan fingerprint density at radius 3 is 2.84 bits per heavy atom. The van der Waals surface area contributed by atoms with E-state index in [0.717, 1.165) is 42.8 Å². The van der Waals surface area contributed by atoms with Gasteiger partial charge in [0.25, 0.3) is 11.9 Å². The zero-order valence-electron chi connectivity index (χ0n) is 18.1. The number of ether oxygens (including phenoxy) is 1. The molecular formula is C23H27N7O2. The van der Waals surface area contributed by atoms with Gasteiger partial charge in [0, 0.05) is 25.3 Å². The Morgan fingerprint density at radius 1 is 1.25 bits per heavy atom. The Bertz CT molecular complexity index is 1150. The third-order valence-corrected chi connectivity index (χ3v) is 5.88. The lowest BCUT2D eigenvalue weighted by Gasteiger charge is -2.28. The molecule has 1 saturated heterocycles. The number of fused-ring (bicyclic) bond motifs is 1. The van der Waals surface area contributed by atoms with Crippen molar-refractivity contribution in [3.8, 4) is 0 Å². The number of carbonyl (C=O) groups excluding carboxylic acids is 1. The summed E-state index contributed by atoms with van der Waals surface area (Å²) in [4.78, 5) is 19.6. The van der Waals surface area contributed by atoms with Gasteiger partial charge < -0.3 is 15.0 Å². The molecule has 0 unspecified atom stereocenters. The van der Waals surface area contributed by atoms with Crippen molar-refractivity contribution in [2.24, 2.45) is 5.10 Å². The maximum Gasteiger partial charge on any atom is 0.263 e. The van der Waals surface area contributed by atoms with E-state index in [1.807, 2.05) is 37.3 Å². The summed E-state index contributed by atoms with van der Waals surface area (Å²) in [6.07, 6.45) is 6.76. The van der Waals surface area contributed by atoms with Crippen molar-refractivity contribution < 1.29 is 9.53 Å². The Kier molecular flexibility index (Phi) is 5.72. The number of benzene rings is 1. The van der Waals surface area contributed by atoms with E-state index in [1.165, 1.54) is 12.0 Å². The van der Waals surface area contributed by atoms with E-state index in [0.29, 0.717) is 24.7 Å². The van der Waals surface area contributed by atoms with Crippen molar-refractivity contribution >= 4 is 29.4 Å². The Balaban J connectivity index is 1.43. The molecule has 9 heteroatoms. The van der Waals surface area contributed by atoms with Crippen LogP contribution >= 0.6 is 0 Å². The SMILES string of the molecule is Cc1cccc(/C=N/Nc2nc(N3CCOCC3)c3cc(C(=O)NC4CCC4)cn3n2)c1. The van der Waals surface area contributed by atoms with Crippen LogP contribution in [0.5, 0.6) is 0 Å². The number of anilines is 2. The third kappa shape index (κ3) is 4.43. The minimum atomic E-state index is -0.0693. The average molecular weight is 434 g/mol. The van der Waals surface area contributed by atoms with E-state index in [9.17, 15) is 4.79 Å². The molecule has 5 rings (SSSR count). The first-order valence-electron chi connectivity index (χ1n) is 11.1. The van der Waals surface area contributed by atoms with Crippen LogP contribution in [-0.2, 0) is 4.74 Å². The van der Waals surface area contributed by atoms with E-state index in [4.69, 9.17) is 9.72 Å². The summed E-state index contributed by atoms with van der Waals surface area (Å²) in [5.74, 6) is 1.06. The molecule has 2 N–H and O–H groups in total. The fourth-order valence-corrected chi connectivity index (χ4v) is 3.90. The van der Waals surface area contributed by atoms with Crippen LogP contribution in [0, 0.1) is 6.92 Å². The zero-order valence-corrected chi connectivity index (χ0v) is 18.1. The highest BCUT2D eigenvalue weighted by atomic mass is 16.5. The Morgan fingerprint density at radius 2 is 2.09 bits per heavy atom. The van der Waals surface area contributed by atoms with Gasteiger partial charge in [-0.1, -0.05) is 29.8 Å². The van der Waals surface area contributed by atoms with Gasteiger partial charge >= 0.3 is 0 Å². The highest BCUT2D eigenvalue weighted by molar-refractivity contribution is 5.96. The lowest BCUT2D eigenvalue weighted by molar-refractivity contribution is 0.0917. The normalized spacial score (nSPS) is 17.0. The number of carbonyl (C=O) groups is 1. The van der Waals surface area contributed by atoms with Gasteiger partial charge in [0.2, 0.25) is 0 Å². The maximum absolute atomic E-state index is 12.7. The third-order valence-electron chi connectivity index (χ3n) is 5.88. The predicted octanol–water partition coefficient (Wildman–Crippen LogP) is 2.60. The number of hydrogen-bond acceptors (Lipinski definition) is 7. The summed E-state index contributed by atoms with van der Waals surface area (Å²) in [6, 6.07) is 10.2. The zero-order chi connectivity index (χ0) is 21.9. The van der Waals surface area contributed by atoms with Crippen LogP contribution in [0.25, 0.3) is 5.52 Å². The second-order valence-corrected chi connectivity index (χ2v) is 8.30. The highest BCUT2D eigenvalue weighted by Crippen LogP contribution is 2.24. The number of hydrogen-bond donors (Lipinski definition) is 2. The predicted molar refractivity (Wildman–Crippen MR) is 124 cm³/mol. The van der Waals surface area contributed by atoms with Crippen LogP contribution in [0.2, 0.25) is 0 Å². The molecule has 0 radical (unpaired) electrons. The van der Waals surface area contributed by atoms with Crippen molar-refractivity contribution in [3.05, 3.63) is 53.2 Å². The number of hydrazone groups is 1. The standard InChI is InChI=1S/C23H27N7O2/c1-16-4-2-5-17(12-16)14-24-27-23-26-21(29-8-10-32-11-9-29)20-13-18(15-30(20)28-23)22(31)25-19-6-3-7-19/h2,4-5,12-15,19H,3,6-11H2,1H3,(H,25,31)(H,27,28)/b24-14+. The first kappa shape index (κ1) is 20.4. The lowest BCUT2D eigenvalue weighted by Crippen LogP contribution is -2.39. The monoisotopic (exact) mass is 433 g/mol. The number of nitrogens with zero attached hydrogens (tertiary/aromatic N) is 5. The van der Waals surface area contributed by atoms with Crippen LogP contribution in [0.1, 0.15) is 40.7 Å². The molecule has 1 saturated carbocycles. The van der Waals surface area contributed by atoms with Gasteiger partial charge in [0.15, 0.2) is 5.82 Å². The molecular weight excluding hydrogens is 406 g/mol.